The van der Waals surface area contributed by atoms with Gasteiger partial charge in [0.25, 0.3) is 0 Å². The third-order valence-electron chi connectivity index (χ3n) is 4.05. The highest BCUT2D eigenvalue weighted by Crippen LogP contribution is 2.25. The molecule has 100 valence electrons. The molecular weight excluding hydrogens is 208 g/mol. The monoisotopic (exact) mass is 238 g/mol. The van der Waals surface area contributed by atoms with Crippen LogP contribution in [0.3, 0.4) is 0 Å². The highest BCUT2D eigenvalue weighted by molar-refractivity contribution is 5.78. The summed E-state index contributed by atoms with van der Waals surface area (Å²) < 4.78 is 0. The Labute approximate surface area is 107 Å². The van der Waals surface area contributed by atoms with Crippen LogP contribution in [0.25, 0.3) is 0 Å². The first-order valence-corrected chi connectivity index (χ1v) is 7.84. The molecular formula is C16H30O. The average molecular weight is 238 g/mol. The summed E-state index contributed by atoms with van der Waals surface area (Å²) >= 11 is 0. The maximum atomic E-state index is 11.5. The third kappa shape index (κ3) is 7.57. The Balaban J connectivity index is 1.96. The van der Waals surface area contributed by atoms with Gasteiger partial charge in [0.2, 0.25) is 0 Å². The molecule has 0 aromatic heterocycles. The first kappa shape index (κ1) is 14.7. The molecule has 1 aliphatic carbocycles. The molecule has 1 saturated carbocycles. The topological polar surface area (TPSA) is 17.1 Å². The Morgan fingerprint density at radius 1 is 1.00 bits per heavy atom. The molecule has 0 aliphatic heterocycles. The van der Waals surface area contributed by atoms with Crippen molar-refractivity contribution in [1.82, 2.24) is 0 Å². The summed E-state index contributed by atoms with van der Waals surface area (Å²) in [4.78, 5) is 11.5. The van der Waals surface area contributed by atoms with Gasteiger partial charge in [-0.25, -0.2) is 0 Å². The smallest absolute Gasteiger partial charge is 0.133 e. The molecule has 1 aliphatic rings. The van der Waals surface area contributed by atoms with E-state index in [0.29, 0.717) is 5.78 Å². The molecule has 0 saturated heterocycles. The summed E-state index contributed by atoms with van der Waals surface area (Å²) in [7, 11) is 0. The van der Waals surface area contributed by atoms with E-state index in [1.54, 1.807) is 0 Å². The number of hydrogen-bond acceptors (Lipinski definition) is 1. The molecule has 1 unspecified atom stereocenters. The van der Waals surface area contributed by atoms with Gasteiger partial charge >= 0.3 is 0 Å². The van der Waals surface area contributed by atoms with Crippen LogP contribution in [0.4, 0.5) is 0 Å². The molecule has 0 spiro atoms. The maximum absolute atomic E-state index is 11.5. The number of unbranched alkanes of at least 4 members (excludes halogenated alkanes) is 6. The number of Topliss-reactive ketones (excluding diaryl/α,β-unsaturated/α-hetero) is 1. The summed E-state index contributed by atoms with van der Waals surface area (Å²) in [5.41, 5.74) is 0. The van der Waals surface area contributed by atoms with Crippen molar-refractivity contribution < 1.29 is 4.79 Å². The fraction of sp³-hybridized carbons (Fsp3) is 0.938. The van der Waals surface area contributed by atoms with Crippen LogP contribution in [-0.4, -0.2) is 5.78 Å². The molecule has 0 radical (unpaired) electrons. The lowest BCUT2D eigenvalue weighted by atomic mass is 9.93. The number of ketones is 1. The van der Waals surface area contributed by atoms with Gasteiger partial charge in [-0.05, 0) is 12.3 Å². The quantitative estimate of drug-likeness (QED) is 0.415. The van der Waals surface area contributed by atoms with E-state index in [2.05, 4.69) is 6.92 Å². The van der Waals surface area contributed by atoms with Crippen molar-refractivity contribution in [1.29, 1.82) is 0 Å². The maximum Gasteiger partial charge on any atom is 0.133 e. The molecule has 17 heavy (non-hydrogen) atoms. The lowest BCUT2D eigenvalue weighted by Crippen LogP contribution is -2.04. The van der Waals surface area contributed by atoms with Gasteiger partial charge in [-0.15, -0.1) is 0 Å². The van der Waals surface area contributed by atoms with Gasteiger partial charge in [0.15, 0.2) is 0 Å². The Morgan fingerprint density at radius 3 is 2.47 bits per heavy atom. The zero-order chi connectivity index (χ0) is 12.3. The van der Waals surface area contributed by atoms with Crippen LogP contribution < -0.4 is 0 Å². The molecule has 0 bridgehead atoms. The molecule has 0 heterocycles. The molecule has 1 atom stereocenters. The van der Waals surface area contributed by atoms with E-state index >= 15 is 0 Å². The minimum atomic E-state index is 0.524. The van der Waals surface area contributed by atoms with Crippen LogP contribution in [0.2, 0.25) is 0 Å². The second-order valence-electron chi connectivity index (χ2n) is 5.76. The molecule has 1 fully saturated rings. The Bertz CT molecular complexity index is 198. The Hall–Kier alpha value is -0.330. The standard InChI is InChI=1S/C16H30O/c1-2-3-4-5-6-7-8-11-15-12-9-10-13-16(17)14-15/h15H,2-14H2,1H3. The van der Waals surface area contributed by atoms with Crippen molar-refractivity contribution in [3.8, 4) is 0 Å². The molecule has 0 aromatic carbocycles. The SMILES string of the molecule is CCCCCCCCCC1CCCCC(=O)C1. The molecule has 0 N–H and O–H groups in total. The van der Waals surface area contributed by atoms with Crippen molar-refractivity contribution in [2.24, 2.45) is 5.92 Å². The predicted octanol–water partition coefficient (Wildman–Crippen LogP) is 5.28. The molecule has 0 amide bonds. The van der Waals surface area contributed by atoms with E-state index in [4.69, 9.17) is 0 Å². The lowest BCUT2D eigenvalue weighted by molar-refractivity contribution is -0.119. The number of carbonyl (C=O) groups is 1. The zero-order valence-corrected chi connectivity index (χ0v) is 11.7. The lowest BCUT2D eigenvalue weighted by Gasteiger charge is -2.12. The van der Waals surface area contributed by atoms with Crippen molar-refractivity contribution in [2.45, 2.75) is 90.4 Å². The van der Waals surface area contributed by atoms with Crippen molar-refractivity contribution >= 4 is 5.78 Å². The summed E-state index contributed by atoms with van der Waals surface area (Å²) in [5.74, 6) is 1.25. The van der Waals surface area contributed by atoms with Gasteiger partial charge < -0.3 is 0 Å². The summed E-state index contributed by atoms with van der Waals surface area (Å²) in [6.45, 7) is 2.27. The summed E-state index contributed by atoms with van der Waals surface area (Å²) in [6.07, 6.45) is 16.5. The molecule has 1 rings (SSSR count). The second-order valence-corrected chi connectivity index (χ2v) is 5.76. The van der Waals surface area contributed by atoms with E-state index in [-0.39, 0.29) is 0 Å². The Morgan fingerprint density at radius 2 is 1.71 bits per heavy atom. The highest BCUT2D eigenvalue weighted by atomic mass is 16.1. The van der Waals surface area contributed by atoms with Gasteiger partial charge in [0.05, 0.1) is 0 Å². The summed E-state index contributed by atoms with van der Waals surface area (Å²) in [5, 5.41) is 0. The van der Waals surface area contributed by atoms with Gasteiger partial charge in [0, 0.05) is 12.8 Å². The van der Waals surface area contributed by atoms with Crippen LogP contribution in [0.15, 0.2) is 0 Å². The third-order valence-corrected chi connectivity index (χ3v) is 4.05. The van der Waals surface area contributed by atoms with Gasteiger partial charge in [-0.3, -0.25) is 4.79 Å². The Kier molecular flexibility index (Phi) is 8.38. The molecule has 1 heteroatoms. The van der Waals surface area contributed by atoms with Crippen LogP contribution in [0, 0.1) is 5.92 Å². The average Bonchev–Trinajstić information content (AvgIpc) is 2.52. The van der Waals surface area contributed by atoms with Gasteiger partial charge in [-0.1, -0.05) is 71.1 Å². The van der Waals surface area contributed by atoms with Crippen LogP contribution in [0.1, 0.15) is 90.4 Å². The van der Waals surface area contributed by atoms with Crippen molar-refractivity contribution in [2.75, 3.05) is 0 Å². The zero-order valence-electron chi connectivity index (χ0n) is 11.7. The fourth-order valence-electron chi connectivity index (χ4n) is 2.92. The van der Waals surface area contributed by atoms with Crippen molar-refractivity contribution in [3.05, 3.63) is 0 Å². The van der Waals surface area contributed by atoms with Crippen LogP contribution >= 0.6 is 0 Å². The predicted molar refractivity (Wildman–Crippen MR) is 74.2 cm³/mol. The number of rotatable bonds is 8. The fourth-order valence-corrected chi connectivity index (χ4v) is 2.92. The highest BCUT2D eigenvalue weighted by Gasteiger charge is 2.16. The second kappa shape index (κ2) is 9.67. The van der Waals surface area contributed by atoms with Crippen LogP contribution in [0.5, 0.6) is 0 Å². The number of hydrogen-bond donors (Lipinski definition) is 0. The van der Waals surface area contributed by atoms with E-state index < -0.39 is 0 Å². The molecule has 0 aromatic rings. The van der Waals surface area contributed by atoms with E-state index in [9.17, 15) is 4.79 Å². The van der Waals surface area contributed by atoms with E-state index in [1.165, 1.54) is 64.2 Å². The minimum absolute atomic E-state index is 0.524. The van der Waals surface area contributed by atoms with Crippen LogP contribution in [-0.2, 0) is 4.79 Å². The molecule has 1 nitrogen and oxygen atoms in total. The van der Waals surface area contributed by atoms with E-state index in [0.717, 1.165) is 25.2 Å². The summed E-state index contributed by atoms with van der Waals surface area (Å²) in [6, 6.07) is 0. The normalized spacial score (nSPS) is 21.5. The van der Waals surface area contributed by atoms with E-state index in [1.807, 2.05) is 0 Å². The minimum Gasteiger partial charge on any atom is -0.300 e. The van der Waals surface area contributed by atoms with Crippen molar-refractivity contribution in [3.63, 3.8) is 0 Å². The first-order valence-electron chi connectivity index (χ1n) is 7.84. The van der Waals surface area contributed by atoms with Gasteiger partial charge in [0.1, 0.15) is 5.78 Å². The number of carbonyl (C=O) groups excluding carboxylic acids is 1. The first-order chi connectivity index (χ1) is 8.33. The largest absolute Gasteiger partial charge is 0.300 e. The van der Waals surface area contributed by atoms with Gasteiger partial charge in [-0.2, -0.15) is 0 Å².